The second-order valence-electron chi connectivity index (χ2n) is 11.4. The number of aromatic nitrogens is 4. The van der Waals surface area contributed by atoms with Gasteiger partial charge in [-0.3, -0.25) is 0 Å². The quantitative estimate of drug-likeness (QED) is 0.0408. The van der Waals surface area contributed by atoms with Gasteiger partial charge in [-0.15, -0.1) is 0 Å². The summed E-state index contributed by atoms with van der Waals surface area (Å²) in [6.07, 6.45) is 12.0. The highest BCUT2D eigenvalue weighted by molar-refractivity contribution is 6.03. The number of hydrogen-bond donors (Lipinski definition) is 4. The Kier molecular flexibility index (Phi) is 8.59. The number of nitrogen functional groups attached to an aromatic ring is 2. The molecule has 0 saturated carbocycles. The number of fused-ring (bicyclic) bond motifs is 2. The third kappa shape index (κ3) is 6.09. The van der Waals surface area contributed by atoms with E-state index in [-0.39, 0.29) is 11.5 Å². The fourth-order valence-corrected chi connectivity index (χ4v) is 5.65. The molecule has 234 valence electrons. The fraction of sp³-hybridized carbons (Fsp3) is 0.235. The van der Waals surface area contributed by atoms with E-state index >= 15 is 0 Å². The monoisotopic (exact) mass is 618 g/mol. The van der Waals surface area contributed by atoms with Crippen LogP contribution in [0.4, 0.5) is 34.6 Å². The van der Waals surface area contributed by atoms with Crippen molar-refractivity contribution in [2.24, 2.45) is 34.6 Å². The van der Waals surface area contributed by atoms with E-state index in [2.05, 4.69) is 29.6 Å². The molecule has 0 fully saturated rings. The Bertz CT molecular complexity index is 1940. The molecular formula is C34H38N10O2+2. The number of aryl methyl sites for hydroxylation is 4. The van der Waals surface area contributed by atoms with Crippen molar-refractivity contribution in [3.05, 3.63) is 85.5 Å². The summed E-state index contributed by atoms with van der Waals surface area (Å²) >= 11 is 0. The van der Waals surface area contributed by atoms with E-state index in [4.69, 9.17) is 11.5 Å². The van der Waals surface area contributed by atoms with Gasteiger partial charge in [0.15, 0.2) is 0 Å². The molecule has 6 aromatic rings. The van der Waals surface area contributed by atoms with Gasteiger partial charge >= 0.3 is 11.9 Å². The first-order valence-corrected chi connectivity index (χ1v) is 15.2. The van der Waals surface area contributed by atoms with Crippen LogP contribution >= 0.6 is 0 Å². The zero-order chi connectivity index (χ0) is 32.2. The number of hydrogen-bond acceptors (Lipinski definition) is 8. The Balaban J connectivity index is 1.05. The van der Waals surface area contributed by atoms with Crippen LogP contribution in [0.25, 0.3) is 21.5 Å². The van der Waals surface area contributed by atoms with Crippen LogP contribution < -0.4 is 20.6 Å². The Hall–Kier alpha value is -5.78. The van der Waals surface area contributed by atoms with E-state index in [1.54, 1.807) is 12.1 Å². The molecule has 2 heterocycles. The minimum atomic E-state index is -0.00743. The molecule has 12 heteroatoms. The number of unbranched alkanes of at least 4 members (excludes halogenated alkanes) is 3. The summed E-state index contributed by atoms with van der Waals surface area (Å²) in [6, 6.07) is 18.3. The van der Waals surface area contributed by atoms with E-state index in [1.165, 1.54) is 0 Å². The van der Waals surface area contributed by atoms with Crippen LogP contribution in [-0.2, 0) is 27.2 Å². The standard InChI is InChI=1S/C34H36N10O2/c1-41-17-19-43(33(41)39-37-27-21-29(45)31(35)25-13-7-5-11-23(25)27)15-9-3-4-10-16-44-20-18-42(2)34(44)40-38-28-22-30(46)32(36)26-14-8-6-12-24(26)28/h5-8,11-14,17-22,35-36H,3-4,9-10,15-16H2,1-2H3,(H2,37,38,45,46)/p+2. The molecule has 0 amide bonds. The number of phenols is 2. The molecule has 0 aliphatic heterocycles. The van der Waals surface area contributed by atoms with Gasteiger partial charge in [0.2, 0.25) is 0 Å². The van der Waals surface area contributed by atoms with E-state index in [9.17, 15) is 10.2 Å². The lowest BCUT2D eigenvalue weighted by molar-refractivity contribution is -0.657. The van der Waals surface area contributed by atoms with Gasteiger partial charge in [0.05, 0.1) is 63.3 Å². The maximum absolute atomic E-state index is 10.3. The van der Waals surface area contributed by atoms with Crippen molar-refractivity contribution in [1.29, 1.82) is 0 Å². The molecule has 6 rings (SSSR count). The van der Waals surface area contributed by atoms with Crippen LogP contribution in [0.3, 0.4) is 0 Å². The molecule has 46 heavy (non-hydrogen) atoms. The zero-order valence-corrected chi connectivity index (χ0v) is 26.0. The van der Waals surface area contributed by atoms with Crippen molar-refractivity contribution in [2.75, 3.05) is 11.5 Å². The highest BCUT2D eigenvalue weighted by Crippen LogP contribution is 2.39. The van der Waals surface area contributed by atoms with Gasteiger partial charge in [-0.2, -0.15) is 0 Å². The first kappa shape index (κ1) is 30.3. The third-order valence-electron chi connectivity index (χ3n) is 8.21. The number of nitrogens with zero attached hydrogens (tertiary/aromatic N) is 8. The molecule has 4 aromatic carbocycles. The number of nitrogens with two attached hydrogens (primary N) is 2. The summed E-state index contributed by atoms with van der Waals surface area (Å²) in [7, 11) is 3.88. The molecule has 0 bridgehead atoms. The van der Waals surface area contributed by atoms with Crippen LogP contribution in [0.5, 0.6) is 11.5 Å². The van der Waals surface area contributed by atoms with Gasteiger partial charge < -0.3 is 21.7 Å². The van der Waals surface area contributed by atoms with Crippen molar-refractivity contribution < 1.29 is 19.3 Å². The molecular weight excluding hydrogens is 580 g/mol. The van der Waals surface area contributed by atoms with Crippen LogP contribution in [0, 0.1) is 0 Å². The summed E-state index contributed by atoms with van der Waals surface area (Å²) in [5, 5.41) is 41.8. The lowest BCUT2D eigenvalue weighted by Gasteiger charge is -2.06. The lowest BCUT2D eigenvalue weighted by Crippen LogP contribution is -2.25. The lowest BCUT2D eigenvalue weighted by atomic mass is 10.1. The molecule has 0 saturated heterocycles. The van der Waals surface area contributed by atoms with E-state index in [0.29, 0.717) is 22.7 Å². The Labute approximate surface area is 266 Å². The van der Waals surface area contributed by atoms with Gasteiger partial charge in [-0.05, 0) is 12.8 Å². The number of aromatic hydroxyl groups is 2. The Morgan fingerprint density at radius 1 is 0.587 bits per heavy atom. The average molecular weight is 619 g/mol. The summed E-state index contributed by atoms with van der Waals surface area (Å²) in [4.78, 5) is 0. The number of rotatable bonds is 11. The predicted molar refractivity (Wildman–Crippen MR) is 178 cm³/mol. The molecule has 0 unspecified atom stereocenters. The molecule has 0 spiro atoms. The van der Waals surface area contributed by atoms with Crippen LogP contribution in [0.1, 0.15) is 25.7 Å². The maximum atomic E-state index is 10.3. The van der Waals surface area contributed by atoms with Crippen molar-refractivity contribution in [3.63, 3.8) is 0 Å². The first-order valence-electron chi connectivity index (χ1n) is 15.2. The van der Waals surface area contributed by atoms with Crippen molar-refractivity contribution >= 4 is 56.2 Å². The average Bonchev–Trinajstić information content (AvgIpc) is 3.61. The van der Waals surface area contributed by atoms with Crippen molar-refractivity contribution in [1.82, 2.24) is 9.13 Å². The fourth-order valence-electron chi connectivity index (χ4n) is 5.65. The first-order chi connectivity index (χ1) is 22.3. The van der Waals surface area contributed by atoms with Crippen LogP contribution in [0.15, 0.2) is 106 Å². The normalized spacial score (nSPS) is 12.0. The minimum Gasteiger partial charge on any atom is -0.506 e. The highest BCUT2D eigenvalue weighted by Gasteiger charge is 2.18. The Morgan fingerprint density at radius 2 is 0.978 bits per heavy atom. The highest BCUT2D eigenvalue weighted by atomic mass is 16.3. The van der Waals surface area contributed by atoms with Gasteiger partial charge in [0.1, 0.15) is 22.9 Å². The summed E-state index contributed by atoms with van der Waals surface area (Å²) < 4.78 is 8.04. The van der Waals surface area contributed by atoms with Crippen LogP contribution in [0.2, 0.25) is 0 Å². The molecule has 0 aliphatic rings. The van der Waals surface area contributed by atoms with Crippen molar-refractivity contribution in [3.8, 4) is 11.5 Å². The van der Waals surface area contributed by atoms with Gasteiger partial charge in [-0.25, -0.2) is 18.3 Å². The maximum Gasteiger partial charge on any atom is 0.421 e. The zero-order valence-electron chi connectivity index (χ0n) is 26.0. The van der Waals surface area contributed by atoms with E-state index in [0.717, 1.165) is 72.2 Å². The summed E-state index contributed by atoms with van der Waals surface area (Å²) in [5.74, 6) is 1.42. The number of phenolic OH excluding ortho intramolecular Hbond substituents is 2. The molecule has 6 N–H and O–H groups in total. The van der Waals surface area contributed by atoms with E-state index < -0.39 is 0 Å². The topological polar surface area (TPSA) is 160 Å². The minimum absolute atomic E-state index is 0.00743. The number of anilines is 2. The second kappa shape index (κ2) is 13.1. The third-order valence-corrected chi connectivity index (χ3v) is 8.21. The smallest absolute Gasteiger partial charge is 0.421 e. The van der Waals surface area contributed by atoms with Crippen LogP contribution in [-0.4, -0.2) is 19.3 Å². The molecule has 0 radical (unpaired) electrons. The van der Waals surface area contributed by atoms with Gasteiger partial charge in [0, 0.05) is 43.9 Å². The Morgan fingerprint density at radius 3 is 1.39 bits per heavy atom. The molecule has 2 aromatic heterocycles. The predicted octanol–water partition coefficient (Wildman–Crippen LogP) is 6.91. The summed E-state index contributed by atoms with van der Waals surface area (Å²) in [6.45, 7) is 1.62. The van der Waals surface area contributed by atoms with Crippen molar-refractivity contribution in [2.45, 2.75) is 38.8 Å². The van der Waals surface area contributed by atoms with Gasteiger partial charge in [-0.1, -0.05) is 71.6 Å². The SMILES string of the molecule is C[n+]1ccn(CCCCCCn2cc[n+](C)c2N=Nc2cc(O)c(N)c3ccccc23)c1N=Nc1cc(O)c(N)c2ccccc12. The number of azo groups is 2. The number of benzene rings is 4. The molecule has 12 nitrogen and oxygen atoms in total. The summed E-state index contributed by atoms with van der Waals surface area (Å²) in [5.41, 5.74) is 13.9. The van der Waals surface area contributed by atoms with E-state index in [1.807, 2.05) is 96.5 Å². The molecule has 0 atom stereocenters. The molecule has 0 aliphatic carbocycles. The van der Waals surface area contributed by atoms with Gasteiger partial charge in [0.25, 0.3) is 0 Å². The number of imidazole rings is 2. The second-order valence-corrected chi connectivity index (χ2v) is 11.4. The largest absolute Gasteiger partial charge is 0.506 e.